The summed E-state index contributed by atoms with van der Waals surface area (Å²) in [5, 5.41) is 25.4. The lowest BCUT2D eigenvalue weighted by Crippen LogP contribution is -2.58. The van der Waals surface area contributed by atoms with Crippen molar-refractivity contribution in [3.05, 3.63) is 18.2 Å². The molecule has 10 N–H and O–H groups in total. The second-order valence-electron chi connectivity index (χ2n) is 7.04. The number of nitrogens with one attached hydrogen (secondary N) is 4. The predicted molar refractivity (Wildman–Crippen MR) is 118 cm³/mol. The number of primary amides is 1. The van der Waals surface area contributed by atoms with Crippen LogP contribution in [0.4, 0.5) is 0 Å². The van der Waals surface area contributed by atoms with E-state index in [0.29, 0.717) is 11.4 Å². The summed E-state index contributed by atoms with van der Waals surface area (Å²) < 4.78 is 0. The molecule has 4 atom stereocenters. The van der Waals surface area contributed by atoms with Crippen LogP contribution < -0.4 is 27.4 Å². The maximum atomic E-state index is 12.7. The summed E-state index contributed by atoms with van der Waals surface area (Å²) in [4.78, 5) is 66.3. The van der Waals surface area contributed by atoms with Gasteiger partial charge in [-0.25, -0.2) is 9.78 Å². The van der Waals surface area contributed by atoms with Crippen LogP contribution in [0.5, 0.6) is 0 Å². The van der Waals surface area contributed by atoms with Crippen molar-refractivity contribution in [1.29, 1.82) is 0 Å². The molecule has 1 heterocycles. The summed E-state index contributed by atoms with van der Waals surface area (Å²) in [7, 11) is 0. The summed E-state index contributed by atoms with van der Waals surface area (Å²) in [6, 6.07) is -5.20. The minimum Gasteiger partial charge on any atom is -0.480 e. The summed E-state index contributed by atoms with van der Waals surface area (Å²) >= 11 is 1.42. The first-order valence-corrected chi connectivity index (χ1v) is 11.2. The number of rotatable bonds is 15. The molecule has 0 saturated heterocycles. The predicted octanol–water partition coefficient (Wildman–Crippen LogP) is -3.56. The molecule has 0 fully saturated rings. The fourth-order valence-corrected chi connectivity index (χ4v) is 3.12. The van der Waals surface area contributed by atoms with E-state index >= 15 is 0 Å². The smallest absolute Gasteiger partial charge is 0.326 e. The van der Waals surface area contributed by atoms with E-state index in [2.05, 4.69) is 20.6 Å². The Kier molecular flexibility index (Phi) is 11.9. The van der Waals surface area contributed by atoms with Crippen molar-refractivity contribution in [1.82, 2.24) is 25.9 Å². The van der Waals surface area contributed by atoms with Crippen molar-refractivity contribution in [3.8, 4) is 0 Å². The molecule has 0 bridgehead atoms. The number of aromatic amines is 1. The van der Waals surface area contributed by atoms with Crippen LogP contribution in [0, 0.1) is 0 Å². The average molecular weight is 488 g/mol. The number of aliphatic hydroxyl groups excluding tert-OH is 1. The van der Waals surface area contributed by atoms with E-state index in [1.54, 1.807) is 6.26 Å². The Morgan fingerprint density at radius 3 is 2.21 bits per heavy atom. The van der Waals surface area contributed by atoms with Gasteiger partial charge in [0.2, 0.25) is 23.6 Å². The quantitative estimate of drug-likeness (QED) is 0.121. The molecule has 0 aliphatic carbocycles. The number of nitrogens with two attached hydrogens (primary N) is 2. The van der Waals surface area contributed by atoms with Gasteiger partial charge in [0.15, 0.2) is 0 Å². The topological polar surface area (TPSA) is 243 Å². The first-order chi connectivity index (χ1) is 15.6. The van der Waals surface area contributed by atoms with Crippen LogP contribution >= 0.6 is 11.8 Å². The molecule has 0 saturated carbocycles. The number of imidazole rings is 1. The third kappa shape index (κ3) is 9.88. The summed E-state index contributed by atoms with van der Waals surface area (Å²) in [6.45, 7) is -0.858. The van der Waals surface area contributed by atoms with Crippen molar-refractivity contribution in [2.45, 2.75) is 43.4 Å². The zero-order valence-corrected chi connectivity index (χ0v) is 18.8. The molecule has 15 heteroatoms. The number of carbonyl (C=O) groups excluding carboxylic acids is 4. The number of hydrogen-bond acceptors (Lipinski definition) is 9. The molecule has 4 unspecified atom stereocenters. The van der Waals surface area contributed by atoms with Gasteiger partial charge in [-0.1, -0.05) is 0 Å². The van der Waals surface area contributed by atoms with Crippen molar-refractivity contribution in [2.75, 3.05) is 18.6 Å². The average Bonchev–Trinajstić information content (AvgIpc) is 3.26. The molecule has 0 aromatic carbocycles. The SMILES string of the molecule is CSCCC(NC(=O)C(N)Cc1cnc[nH]1)C(=O)NC(CO)C(=O)NC(CC(N)=O)C(=O)O. The highest BCUT2D eigenvalue weighted by Crippen LogP contribution is 2.04. The molecule has 33 heavy (non-hydrogen) atoms. The van der Waals surface area contributed by atoms with Crippen LogP contribution in [0.2, 0.25) is 0 Å². The van der Waals surface area contributed by atoms with Gasteiger partial charge in [-0.2, -0.15) is 11.8 Å². The van der Waals surface area contributed by atoms with Gasteiger partial charge in [0.25, 0.3) is 0 Å². The van der Waals surface area contributed by atoms with Crippen LogP contribution in [-0.2, 0) is 30.4 Å². The lowest BCUT2D eigenvalue weighted by atomic mass is 10.1. The maximum Gasteiger partial charge on any atom is 0.326 e. The van der Waals surface area contributed by atoms with E-state index in [9.17, 15) is 29.1 Å². The lowest BCUT2D eigenvalue weighted by Gasteiger charge is -2.24. The van der Waals surface area contributed by atoms with Gasteiger partial charge in [-0.3, -0.25) is 19.2 Å². The number of carbonyl (C=O) groups is 5. The van der Waals surface area contributed by atoms with Gasteiger partial charge < -0.3 is 42.6 Å². The Morgan fingerprint density at radius 1 is 1.09 bits per heavy atom. The summed E-state index contributed by atoms with van der Waals surface area (Å²) in [6.07, 6.45) is 4.43. The van der Waals surface area contributed by atoms with E-state index in [1.807, 2.05) is 5.32 Å². The first-order valence-electron chi connectivity index (χ1n) is 9.83. The molecule has 184 valence electrons. The molecule has 0 radical (unpaired) electrons. The van der Waals surface area contributed by atoms with Gasteiger partial charge in [0, 0.05) is 18.3 Å². The van der Waals surface area contributed by atoms with Gasteiger partial charge in [-0.05, 0) is 18.4 Å². The number of thioether (sulfide) groups is 1. The maximum absolute atomic E-state index is 12.7. The van der Waals surface area contributed by atoms with Gasteiger partial charge >= 0.3 is 5.97 Å². The van der Waals surface area contributed by atoms with Crippen LogP contribution in [0.15, 0.2) is 12.5 Å². The Morgan fingerprint density at radius 2 is 1.70 bits per heavy atom. The van der Waals surface area contributed by atoms with E-state index in [0.717, 1.165) is 0 Å². The highest BCUT2D eigenvalue weighted by atomic mass is 32.2. The molecular formula is C18H29N7O7S. The highest BCUT2D eigenvalue weighted by Gasteiger charge is 2.30. The second kappa shape index (κ2) is 14.1. The van der Waals surface area contributed by atoms with Crippen molar-refractivity contribution >= 4 is 41.4 Å². The lowest BCUT2D eigenvalue weighted by molar-refractivity contribution is -0.144. The molecule has 0 aliphatic rings. The monoisotopic (exact) mass is 487 g/mol. The number of hydrogen-bond donors (Lipinski definition) is 8. The van der Waals surface area contributed by atoms with Crippen LogP contribution in [0.3, 0.4) is 0 Å². The Hall–Kier alpha value is -3.17. The van der Waals surface area contributed by atoms with Crippen molar-refractivity contribution in [2.24, 2.45) is 11.5 Å². The molecule has 1 aromatic rings. The molecule has 1 aromatic heterocycles. The molecule has 14 nitrogen and oxygen atoms in total. The molecule has 4 amide bonds. The Labute approximate surface area is 193 Å². The number of aliphatic carboxylic acids is 1. The normalized spacial score (nSPS) is 14.4. The van der Waals surface area contributed by atoms with Gasteiger partial charge in [-0.15, -0.1) is 0 Å². The second-order valence-corrected chi connectivity index (χ2v) is 8.03. The fraction of sp³-hybridized carbons (Fsp3) is 0.556. The molecule has 0 spiro atoms. The van der Waals surface area contributed by atoms with Gasteiger partial charge in [0.05, 0.1) is 25.4 Å². The molecular weight excluding hydrogens is 458 g/mol. The number of nitrogens with zero attached hydrogens (tertiary/aromatic N) is 1. The Balaban J connectivity index is 2.80. The van der Waals surface area contributed by atoms with Crippen molar-refractivity contribution < 1.29 is 34.2 Å². The number of amides is 4. The Bertz CT molecular complexity index is 821. The molecule has 1 rings (SSSR count). The van der Waals surface area contributed by atoms with E-state index in [1.165, 1.54) is 24.3 Å². The van der Waals surface area contributed by atoms with Crippen molar-refractivity contribution in [3.63, 3.8) is 0 Å². The standard InChI is InChI=1S/C18H29N7O7S/c1-33-3-2-11(23-15(28)10(19)4-9-6-21-8-22-9)16(29)25-13(7-26)17(30)24-12(18(31)32)5-14(20)27/h6,8,10-13,26H,2-5,7,19H2,1H3,(H2,20,27)(H,21,22)(H,23,28)(H,24,30)(H,25,29)(H,31,32). The number of aliphatic hydroxyl groups is 1. The minimum absolute atomic E-state index is 0.154. The van der Waals surface area contributed by atoms with E-state index < -0.39 is 66.8 Å². The number of carboxylic acid groups (broad SMARTS) is 1. The summed E-state index contributed by atoms with van der Waals surface area (Å²) in [5.41, 5.74) is 11.5. The summed E-state index contributed by atoms with van der Waals surface area (Å²) in [5.74, 6) is -4.40. The fourth-order valence-electron chi connectivity index (χ4n) is 2.65. The highest BCUT2D eigenvalue weighted by molar-refractivity contribution is 7.98. The number of H-pyrrole nitrogens is 1. The van der Waals surface area contributed by atoms with E-state index in [-0.39, 0.29) is 12.8 Å². The van der Waals surface area contributed by atoms with E-state index in [4.69, 9.17) is 16.6 Å². The molecule has 0 aliphatic heterocycles. The zero-order valence-electron chi connectivity index (χ0n) is 17.9. The number of aromatic nitrogens is 2. The number of carboxylic acids is 1. The largest absolute Gasteiger partial charge is 0.480 e. The van der Waals surface area contributed by atoms with Crippen LogP contribution in [0.25, 0.3) is 0 Å². The first kappa shape index (κ1) is 27.9. The third-order valence-corrected chi connectivity index (χ3v) is 5.05. The zero-order chi connectivity index (χ0) is 25.0. The van der Waals surface area contributed by atoms with Crippen LogP contribution in [-0.4, -0.2) is 92.6 Å². The van der Waals surface area contributed by atoms with Gasteiger partial charge in [0.1, 0.15) is 18.1 Å². The minimum atomic E-state index is -1.63. The third-order valence-electron chi connectivity index (χ3n) is 4.41. The van der Waals surface area contributed by atoms with Crippen LogP contribution in [0.1, 0.15) is 18.5 Å².